The predicted octanol–water partition coefficient (Wildman–Crippen LogP) is 1.61. The van der Waals surface area contributed by atoms with E-state index >= 15 is 0 Å². The van der Waals surface area contributed by atoms with E-state index in [9.17, 15) is 26.0 Å². The summed E-state index contributed by atoms with van der Waals surface area (Å²) < 4.78 is 93.0. The van der Waals surface area contributed by atoms with Gasteiger partial charge in [-0.15, -0.1) is 0 Å². The summed E-state index contributed by atoms with van der Waals surface area (Å²) in [6, 6.07) is -0.898. The third-order valence-electron chi connectivity index (χ3n) is 5.36. The number of nitrogens with zero attached hydrogens (tertiary/aromatic N) is 5. The molecule has 1 unspecified atom stereocenters. The second-order valence-corrected chi connectivity index (χ2v) is 9.72. The summed E-state index contributed by atoms with van der Waals surface area (Å²) in [5.41, 5.74) is -1.14. The second-order valence-electron chi connectivity index (χ2n) is 7.78. The van der Waals surface area contributed by atoms with Gasteiger partial charge in [-0.25, -0.2) is 17.8 Å². The van der Waals surface area contributed by atoms with Gasteiger partial charge < -0.3 is 14.8 Å². The molecule has 33 heavy (non-hydrogen) atoms. The number of alkyl halides is 4. The molecular formula is C18H22F4N6O4S. The zero-order valence-corrected chi connectivity index (χ0v) is 18.3. The molecule has 0 spiro atoms. The van der Waals surface area contributed by atoms with Gasteiger partial charge in [0.1, 0.15) is 22.7 Å². The first kappa shape index (κ1) is 23.6. The van der Waals surface area contributed by atoms with Crippen LogP contribution in [0.2, 0.25) is 0 Å². The maximum Gasteiger partial charge on any atom is 0.423 e. The predicted molar refractivity (Wildman–Crippen MR) is 106 cm³/mol. The molecule has 2 aliphatic rings. The Balaban J connectivity index is 1.46. The van der Waals surface area contributed by atoms with Crippen LogP contribution >= 0.6 is 0 Å². The van der Waals surface area contributed by atoms with Gasteiger partial charge in [0, 0.05) is 39.0 Å². The van der Waals surface area contributed by atoms with Crippen LogP contribution in [-0.4, -0.2) is 77.1 Å². The molecule has 4 heterocycles. The highest BCUT2D eigenvalue weighted by Crippen LogP contribution is 2.36. The van der Waals surface area contributed by atoms with Crippen LogP contribution in [0.15, 0.2) is 23.5 Å². The van der Waals surface area contributed by atoms with E-state index in [1.807, 2.05) is 0 Å². The van der Waals surface area contributed by atoms with Gasteiger partial charge in [0.2, 0.25) is 21.9 Å². The van der Waals surface area contributed by atoms with Crippen molar-refractivity contribution in [2.75, 3.05) is 31.6 Å². The van der Waals surface area contributed by atoms with Crippen LogP contribution in [0.3, 0.4) is 0 Å². The maximum atomic E-state index is 14.9. The van der Waals surface area contributed by atoms with E-state index in [1.165, 1.54) is 17.1 Å². The number of rotatable bonds is 6. The molecule has 2 aromatic heterocycles. The molecule has 0 radical (unpaired) electrons. The highest BCUT2D eigenvalue weighted by molar-refractivity contribution is 7.89. The zero-order valence-electron chi connectivity index (χ0n) is 17.5. The third kappa shape index (κ3) is 5.19. The smallest absolute Gasteiger partial charge is 0.423 e. The largest absolute Gasteiger partial charge is 0.471 e. The van der Waals surface area contributed by atoms with Gasteiger partial charge in [0.05, 0.1) is 25.5 Å². The van der Waals surface area contributed by atoms with Crippen LogP contribution in [0.1, 0.15) is 18.4 Å². The Hall–Kier alpha value is -2.52. The fraction of sp³-hybridized carbons (Fsp3) is 0.611. The quantitative estimate of drug-likeness (QED) is 0.603. The van der Waals surface area contributed by atoms with Gasteiger partial charge in [0.25, 0.3) is 0 Å². The SMILES string of the molecule is Cn1cc(S(=O)(=O)N2CCC(Nc3ncc(C(F)(F)F)c(O[C@H]4CCOC4)n3)[C@@H](F)C2)cn1. The van der Waals surface area contributed by atoms with Crippen molar-refractivity contribution in [2.45, 2.75) is 42.2 Å². The van der Waals surface area contributed by atoms with Crippen molar-refractivity contribution in [1.29, 1.82) is 0 Å². The first-order chi connectivity index (χ1) is 15.5. The third-order valence-corrected chi connectivity index (χ3v) is 7.18. The molecule has 0 aliphatic carbocycles. The molecule has 2 aromatic rings. The minimum atomic E-state index is -4.73. The highest BCUT2D eigenvalue weighted by atomic mass is 32.2. The van der Waals surface area contributed by atoms with E-state index in [0.29, 0.717) is 19.2 Å². The zero-order chi connectivity index (χ0) is 23.8. The highest BCUT2D eigenvalue weighted by Gasteiger charge is 2.39. The van der Waals surface area contributed by atoms with Gasteiger partial charge in [-0.3, -0.25) is 4.68 Å². The summed E-state index contributed by atoms with van der Waals surface area (Å²) in [4.78, 5) is 7.44. The lowest BCUT2D eigenvalue weighted by molar-refractivity contribution is -0.139. The number of hydrogen-bond donors (Lipinski definition) is 1. The van der Waals surface area contributed by atoms with Crippen molar-refractivity contribution in [3.8, 4) is 5.88 Å². The van der Waals surface area contributed by atoms with Crippen LogP contribution in [-0.2, 0) is 28.0 Å². The Bertz CT molecular complexity index is 1090. The number of aryl methyl sites for hydroxylation is 1. The molecule has 0 bridgehead atoms. The van der Waals surface area contributed by atoms with Gasteiger partial charge in [-0.2, -0.15) is 27.6 Å². The van der Waals surface area contributed by atoms with Crippen LogP contribution in [0.5, 0.6) is 5.88 Å². The summed E-state index contributed by atoms with van der Waals surface area (Å²) >= 11 is 0. The van der Waals surface area contributed by atoms with Gasteiger partial charge in [-0.05, 0) is 6.42 Å². The molecule has 3 atom stereocenters. The molecule has 0 saturated carbocycles. The molecule has 15 heteroatoms. The number of hydrogen-bond acceptors (Lipinski definition) is 8. The average molecular weight is 494 g/mol. The second kappa shape index (κ2) is 9.02. The number of sulfonamides is 1. The number of halogens is 4. The Labute approximate surface area is 186 Å². The van der Waals surface area contributed by atoms with E-state index < -0.39 is 52.5 Å². The summed E-state index contributed by atoms with van der Waals surface area (Å²) in [6.45, 7) is 0.0732. The Morgan fingerprint density at radius 1 is 1.27 bits per heavy atom. The van der Waals surface area contributed by atoms with Crippen LogP contribution < -0.4 is 10.1 Å². The molecule has 1 N–H and O–H groups in total. The van der Waals surface area contributed by atoms with Crippen LogP contribution in [0.25, 0.3) is 0 Å². The van der Waals surface area contributed by atoms with E-state index in [-0.39, 0.29) is 30.4 Å². The molecule has 2 aliphatic heterocycles. The maximum absolute atomic E-state index is 14.9. The molecule has 2 saturated heterocycles. The monoisotopic (exact) mass is 494 g/mol. The fourth-order valence-corrected chi connectivity index (χ4v) is 5.04. The molecule has 4 rings (SSSR count). The number of ether oxygens (including phenoxy) is 2. The normalized spacial score (nSPS) is 24.7. The van der Waals surface area contributed by atoms with E-state index in [2.05, 4.69) is 20.4 Å². The molecule has 2 fully saturated rings. The van der Waals surface area contributed by atoms with Crippen LogP contribution in [0, 0.1) is 0 Å². The van der Waals surface area contributed by atoms with Gasteiger partial charge in [0.15, 0.2) is 0 Å². The van der Waals surface area contributed by atoms with Crippen molar-refractivity contribution in [3.05, 3.63) is 24.2 Å². The van der Waals surface area contributed by atoms with E-state index in [4.69, 9.17) is 9.47 Å². The molecular weight excluding hydrogens is 472 g/mol. The van der Waals surface area contributed by atoms with Gasteiger partial charge in [-0.1, -0.05) is 0 Å². The Morgan fingerprint density at radius 3 is 2.67 bits per heavy atom. The summed E-state index contributed by atoms with van der Waals surface area (Å²) in [5, 5.41) is 6.50. The molecule has 182 valence electrons. The van der Waals surface area contributed by atoms with Crippen molar-refractivity contribution < 1.29 is 35.5 Å². The summed E-state index contributed by atoms with van der Waals surface area (Å²) in [7, 11) is -2.35. The standard InChI is InChI=1S/C18H22F4N6O4S/c1-27-8-12(6-24-27)33(29,30)28-4-2-15(14(19)9-28)25-17-23-7-13(18(20,21)22)16(26-17)32-11-3-5-31-10-11/h6-8,11,14-15H,2-5,9-10H2,1H3,(H,23,25,26)/t11-,14-,15?/m0/s1. The summed E-state index contributed by atoms with van der Waals surface area (Å²) in [6.07, 6.45) is -3.41. The fourth-order valence-electron chi connectivity index (χ4n) is 3.59. The lowest BCUT2D eigenvalue weighted by Crippen LogP contribution is -2.50. The van der Waals surface area contributed by atoms with Crippen molar-refractivity contribution in [3.63, 3.8) is 0 Å². The topological polar surface area (TPSA) is 111 Å². The first-order valence-corrected chi connectivity index (χ1v) is 11.6. The number of aromatic nitrogens is 4. The lowest BCUT2D eigenvalue weighted by Gasteiger charge is -2.34. The average Bonchev–Trinajstić information content (AvgIpc) is 3.41. The Kier molecular flexibility index (Phi) is 6.46. The van der Waals surface area contributed by atoms with Crippen LogP contribution in [0.4, 0.5) is 23.5 Å². The van der Waals surface area contributed by atoms with Crippen molar-refractivity contribution >= 4 is 16.0 Å². The van der Waals surface area contributed by atoms with Crippen molar-refractivity contribution in [1.82, 2.24) is 24.1 Å². The molecule has 10 nitrogen and oxygen atoms in total. The number of nitrogens with one attached hydrogen (secondary N) is 1. The first-order valence-electron chi connectivity index (χ1n) is 10.1. The van der Waals surface area contributed by atoms with E-state index in [1.54, 1.807) is 7.05 Å². The molecule has 0 amide bonds. The minimum absolute atomic E-state index is 0.00127. The van der Waals surface area contributed by atoms with E-state index in [0.717, 1.165) is 4.31 Å². The van der Waals surface area contributed by atoms with Gasteiger partial charge >= 0.3 is 6.18 Å². The minimum Gasteiger partial charge on any atom is -0.471 e. The number of piperidine rings is 1. The summed E-state index contributed by atoms with van der Waals surface area (Å²) in [5.74, 6) is -0.907. The number of anilines is 1. The lowest BCUT2D eigenvalue weighted by atomic mass is 10.1. The van der Waals surface area contributed by atoms with Crippen molar-refractivity contribution in [2.24, 2.45) is 7.05 Å². The Morgan fingerprint density at radius 2 is 2.06 bits per heavy atom. The molecule has 0 aromatic carbocycles.